The number of aliphatic hydroxyl groups is 1. The zero-order valence-electron chi connectivity index (χ0n) is 10.1. The summed E-state index contributed by atoms with van der Waals surface area (Å²) in [5.74, 6) is -0.414. The van der Waals surface area contributed by atoms with Gasteiger partial charge >= 0.3 is 6.18 Å². The lowest BCUT2D eigenvalue weighted by atomic mass is 10.2. The molecule has 1 rings (SSSR count). The first-order valence-corrected chi connectivity index (χ1v) is 5.92. The van der Waals surface area contributed by atoms with Gasteiger partial charge in [-0.05, 0) is 31.5 Å². The maximum absolute atomic E-state index is 12.4. The smallest absolute Gasteiger partial charge is 0.393 e. The van der Waals surface area contributed by atoms with E-state index < -0.39 is 23.8 Å². The van der Waals surface area contributed by atoms with Crippen LogP contribution in [0, 0.1) is 0 Å². The normalized spacial score (nSPS) is 13.2. The predicted octanol–water partition coefficient (Wildman–Crippen LogP) is 3.46. The van der Waals surface area contributed by atoms with Gasteiger partial charge in [-0.1, -0.05) is 11.6 Å². The summed E-state index contributed by atoms with van der Waals surface area (Å²) in [5.41, 5.74) is -0.760. The average molecular weight is 296 g/mol. The van der Waals surface area contributed by atoms with Crippen molar-refractivity contribution in [1.29, 1.82) is 0 Å². The number of benzene rings is 1. The third kappa shape index (κ3) is 5.08. The fourth-order valence-corrected chi connectivity index (χ4v) is 1.57. The molecule has 2 N–H and O–H groups in total. The molecular formula is C12H13ClF3NO2. The van der Waals surface area contributed by atoms with Crippen molar-refractivity contribution in [1.82, 2.24) is 0 Å². The van der Waals surface area contributed by atoms with E-state index in [9.17, 15) is 18.0 Å². The van der Waals surface area contributed by atoms with Crippen molar-refractivity contribution >= 4 is 23.2 Å². The number of hydrogen-bond acceptors (Lipinski definition) is 2. The summed E-state index contributed by atoms with van der Waals surface area (Å²) in [5, 5.41) is 11.2. The zero-order chi connectivity index (χ0) is 14.6. The number of carbonyl (C=O) groups is 1. The molecule has 0 spiro atoms. The third-order valence-electron chi connectivity index (χ3n) is 2.36. The first-order valence-electron chi connectivity index (χ1n) is 5.55. The van der Waals surface area contributed by atoms with Crippen molar-refractivity contribution in [3.05, 3.63) is 28.8 Å². The van der Waals surface area contributed by atoms with Gasteiger partial charge in [0.05, 0.1) is 22.4 Å². The van der Waals surface area contributed by atoms with Gasteiger partial charge < -0.3 is 10.4 Å². The average Bonchev–Trinajstić information content (AvgIpc) is 2.27. The fourth-order valence-electron chi connectivity index (χ4n) is 1.35. The second-order valence-electron chi connectivity index (χ2n) is 4.13. The molecule has 0 aliphatic carbocycles. The minimum atomic E-state index is -4.47. The Balaban J connectivity index is 2.73. The number of amides is 1. The summed E-state index contributed by atoms with van der Waals surface area (Å²) >= 11 is 5.68. The van der Waals surface area contributed by atoms with Crippen LogP contribution in [0.3, 0.4) is 0 Å². The first-order chi connectivity index (χ1) is 8.70. The Labute approximate surface area is 113 Å². The van der Waals surface area contributed by atoms with Gasteiger partial charge in [-0.25, -0.2) is 0 Å². The van der Waals surface area contributed by atoms with E-state index in [0.29, 0.717) is 0 Å². The van der Waals surface area contributed by atoms with Gasteiger partial charge in [0.1, 0.15) is 0 Å². The van der Waals surface area contributed by atoms with Crippen molar-refractivity contribution < 1.29 is 23.1 Å². The van der Waals surface area contributed by atoms with E-state index in [0.717, 1.165) is 18.2 Å². The maximum Gasteiger partial charge on any atom is 0.416 e. The van der Waals surface area contributed by atoms with Gasteiger partial charge in [0.15, 0.2) is 0 Å². The summed E-state index contributed by atoms with van der Waals surface area (Å²) < 4.78 is 37.2. The Morgan fingerprint density at radius 1 is 1.47 bits per heavy atom. The number of alkyl halides is 3. The second kappa shape index (κ2) is 6.25. The van der Waals surface area contributed by atoms with Crippen LogP contribution in [0.1, 0.15) is 25.3 Å². The third-order valence-corrected chi connectivity index (χ3v) is 2.67. The molecule has 1 amide bonds. The number of nitrogens with one attached hydrogen (secondary N) is 1. The summed E-state index contributed by atoms with van der Waals surface area (Å²) in [4.78, 5) is 11.4. The van der Waals surface area contributed by atoms with E-state index in [2.05, 4.69) is 5.32 Å². The van der Waals surface area contributed by atoms with Crippen LogP contribution in [0.5, 0.6) is 0 Å². The van der Waals surface area contributed by atoms with E-state index in [-0.39, 0.29) is 23.6 Å². The summed E-state index contributed by atoms with van der Waals surface area (Å²) in [7, 11) is 0. The Hall–Kier alpha value is -1.27. The van der Waals surface area contributed by atoms with E-state index in [4.69, 9.17) is 16.7 Å². The van der Waals surface area contributed by atoms with Crippen molar-refractivity contribution in [2.75, 3.05) is 5.32 Å². The van der Waals surface area contributed by atoms with Gasteiger partial charge in [-0.3, -0.25) is 4.79 Å². The van der Waals surface area contributed by atoms with Crippen molar-refractivity contribution in [3.63, 3.8) is 0 Å². The van der Waals surface area contributed by atoms with Crippen molar-refractivity contribution in [3.8, 4) is 0 Å². The van der Waals surface area contributed by atoms with Crippen LogP contribution in [0.2, 0.25) is 5.02 Å². The van der Waals surface area contributed by atoms with Crippen LogP contribution in [0.15, 0.2) is 18.2 Å². The highest BCUT2D eigenvalue weighted by atomic mass is 35.5. The SMILES string of the molecule is CC(O)CCC(=O)Nc1ccc(C(F)(F)F)cc1Cl. The van der Waals surface area contributed by atoms with Crippen LogP contribution in [0.25, 0.3) is 0 Å². The van der Waals surface area contributed by atoms with Crippen molar-refractivity contribution in [2.24, 2.45) is 0 Å². The predicted molar refractivity (Wildman–Crippen MR) is 66.0 cm³/mol. The molecule has 0 heterocycles. The van der Waals surface area contributed by atoms with Gasteiger partial charge in [0.25, 0.3) is 0 Å². The van der Waals surface area contributed by atoms with Crippen LogP contribution in [-0.2, 0) is 11.0 Å². The molecule has 1 atom stereocenters. The fraction of sp³-hybridized carbons (Fsp3) is 0.417. The van der Waals surface area contributed by atoms with Crippen LogP contribution >= 0.6 is 11.6 Å². The van der Waals surface area contributed by atoms with E-state index in [1.54, 1.807) is 6.92 Å². The quantitative estimate of drug-likeness (QED) is 0.894. The maximum atomic E-state index is 12.4. The molecule has 0 aliphatic heterocycles. The van der Waals surface area contributed by atoms with Crippen LogP contribution in [0.4, 0.5) is 18.9 Å². The molecule has 0 saturated carbocycles. The highest BCUT2D eigenvalue weighted by molar-refractivity contribution is 6.33. The summed E-state index contributed by atoms with van der Waals surface area (Å²) in [6.45, 7) is 1.54. The number of carbonyl (C=O) groups excluding carboxylic acids is 1. The van der Waals surface area contributed by atoms with Crippen LogP contribution < -0.4 is 5.32 Å². The van der Waals surface area contributed by atoms with Gasteiger partial charge in [0.2, 0.25) is 5.91 Å². The lowest BCUT2D eigenvalue weighted by Crippen LogP contribution is -2.14. The molecule has 0 saturated heterocycles. The summed E-state index contributed by atoms with van der Waals surface area (Å²) in [6, 6.07) is 2.70. The molecule has 0 fully saturated rings. The Morgan fingerprint density at radius 3 is 2.58 bits per heavy atom. The number of aliphatic hydroxyl groups excluding tert-OH is 1. The number of anilines is 1. The standard InChI is InChI=1S/C12H13ClF3NO2/c1-7(18)2-5-11(19)17-10-4-3-8(6-9(10)13)12(14,15)16/h3-4,6-7,18H,2,5H2,1H3,(H,17,19). The van der Waals surface area contributed by atoms with Gasteiger partial charge in [0, 0.05) is 6.42 Å². The topological polar surface area (TPSA) is 49.3 Å². The molecule has 1 aromatic rings. The van der Waals surface area contributed by atoms with Crippen LogP contribution in [-0.4, -0.2) is 17.1 Å². The largest absolute Gasteiger partial charge is 0.416 e. The zero-order valence-corrected chi connectivity index (χ0v) is 10.8. The minimum Gasteiger partial charge on any atom is -0.393 e. The van der Waals surface area contributed by atoms with Crippen molar-refractivity contribution in [2.45, 2.75) is 32.0 Å². The Kier molecular flexibility index (Phi) is 5.20. The second-order valence-corrected chi connectivity index (χ2v) is 4.54. The monoisotopic (exact) mass is 295 g/mol. The highest BCUT2D eigenvalue weighted by Gasteiger charge is 2.30. The highest BCUT2D eigenvalue weighted by Crippen LogP contribution is 2.33. The minimum absolute atomic E-state index is 0.0645. The summed E-state index contributed by atoms with van der Waals surface area (Å²) in [6.07, 6.45) is -4.76. The molecule has 0 radical (unpaired) electrons. The molecule has 7 heteroatoms. The van der Waals surface area contributed by atoms with Gasteiger partial charge in [-0.2, -0.15) is 13.2 Å². The molecule has 3 nitrogen and oxygen atoms in total. The van der Waals surface area contributed by atoms with E-state index in [1.807, 2.05) is 0 Å². The molecule has 1 unspecified atom stereocenters. The molecule has 106 valence electrons. The Bertz CT molecular complexity index is 461. The lowest BCUT2D eigenvalue weighted by molar-refractivity contribution is -0.137. The Morgan fingerprint density at radius 2 is 2.11 bits per heavy atom. The lowest BCUT2D eigenvalue weighted by Gasteiger charge is -2.11. The first kappa shape index (κ1) is 15.8. The number of hydrogen-bond donors (Lipinski definition) is 2. The molecule has 0 aliphatic rings. The van der Waals surface area contributed by atoms with E-state index >= 15 is 0 Å². The number of halogens is 4. The molecule has 1 aromatic carbocycles. The molecular weight excluding hydrogens is 283 g/mol. The molecule has 0 aromatic heterocycles. The molecule has 0 bridgehead atoms. The molecule has 19 heavy (non-hydrogen) atoms. The van der Waals surface area contributed by atoms with Gasteiger partial charge in [-0.15, -0.1) is 0 Å². The van der Waals surface area contributed by atoms with E-state index in [1.165, 1.54) is 0 Å². The number of rotatable bonds is 4.